The molecule has 0 aliphatic carbocycles. The monoisotopic (exact) mass is 272 g/mol. The summed E-state index contributed by atoms with van der Waals surface area (Å²) in [5.41, 5.74) is 1.42. The van der Waals surface area contributed by atoms with Crippen LogP contribution in [0.4, 0.5) is 0 Å². The van der Waals surface area contributed by atoms with Crippen LogP contribution in [0, 0.1) is 0 Å². The number of amides is 1. The number of aryl methyl sites for hydroxylation is 1. The minimum absolute atomic E-state index is 0.0486. The third kappa shape index (κ3) is 4.82. The molecule has 0 aromatic heterocycles. The zero-order valence-electron chi connectivity index (χ0n) is 12.1. The molecule has 1 aliphatic heterocycles. The van der Waals surface area contributed by atoms with E-state index >= 15 is 0 Å². The first kappa shape index (κ1) is 14.8. The molecule has 3 heteroatoms. The van der Waals surface area contributed by atoms with Crippen molar-refractivity contribution in [3.8, 4) is 0 Å². The lowest BCUT2D eigenvalue weighted by Gasteiger charge is -2.32. The van der Waals surface area contributed by atoms with Crippen LogP contribution in [0.3, 0.4) is 0 Å². The quantitative estimate of drug-likeness (QED) is 0.806. The highest BCUT2D eigenvalue weighted by Crippen LogP contribution is 2.11. The van der Waals surface area contributed by atoms with Crippen molar-refractivity contribution >= 4 is 5.91 Å². The number of nitrogens with one attached hydrogen (secondary N) is 1. The molecule has 0 unspecified atom stereocenters. The van der Waals surface area contributed by atoms with E-state index in [4.69, 9.17) is 0 Å². The van der Waals surface area contributed by atoms with Crippen LogP contribution in [0.2, 0.25) is 0 Å². The van der Waals surface area contributed by atoms with Crippen molar-refractivity contribution in [1.29, 1.82) is 0 Å². The first-order valence-corrected chi connectivity index (χ1v) is 7.47. The molecule has 3 nitrogen and oxygen atoms in total. The number of carbonyl (C=O) groups excluding carboxylic acids is 1. The molecule has 1 aromatic carbocycles. The van der Waals surface area contributed by atoms with E-state index in [1.54, 1.807) is 0 Å². The van der Waals surface area contributed by atoms with Gasteiger partial charge in [-0.05, 0) is 43.9 Å². The number of likely N-dealkylation sites (tertiary alicyclic amines) is 1. The van der Waals surface area contributed by atoms with E-state index in [0.717, 1.165) is 38.9 Å². The number of piperidine rings is 1. The average Bonchev–Trinajstić information content (AvgIpc) is 2.50. The summed E-state index contributed by atoms with van der Waals surface area (Å²) in [5.74, 6) is -0.0486. The fourth-order valence-electron chi connectivity index (χ4n) is 2.71. The Kier molecular flexibility index (Phi) is 5.81. The molecule has 0 bridgehead atoms. The maximum atomic E-state index is 11.2. The highest BCUT2D eigenvalue weighted by atomic mass is 16.1. The summed E-state index contributed by atoms with van der Waals surface area (Å²) in [6.45, 7) is 6.80. The number of rotatable bonds is 6. The van der Waals surface area contributed by atoms with Gasteiger partial charge < -0.3 is 10.2 Å². The third-order valence-corrected chi connectivity index (χ3v) is 3.90. The molecule has 2 rings (SSSR count). The largest absolute Gasteiger partial charge is 0.350 e. The fourth-order valence-corrected chi connectivity index (χ4v) is 2.71. The highest BCUT2D eigenvalue weighted by Gasteiger charge is 2.19. The van der Waals surface area contributed by atoms with Crippen molar-refractivity contribution in [2.24, 2.45) is 0 Å². The maximum Gasteiger partial charge on any atom is 0.243 e. The summed E-state index contributed by atoms with van der Waals surface area (Å²) < 4.78 is 0. The molecule has 20 heavy (non-hydrogen) atoms. The number of hydrogen-bond acceptors (Lipinski definition) is 2. The minimum Gasteiger partial charge on any atom is -0.350 e. The predicted octanol–water partition coefficient (Wildman–Crippen LogP) is 2.39. The topological polar surface area (TPSA) is 32.3 Å². The van der Waals surface area contributed by atoms with Crippen LogP contribution in [0.1, 0.15) is 24.8 Å². The first-order chi connectivity index (χ1) is 9.78. The van der Waals surface area contributed by atoms with Crippen molar-refractivity contribution in [3.05, 3.63) is 48.6 Å². The van der Waals surface area contributed by atoms with Gasteiger partial charge >= 0.3 is 0 Å². The van der Waals surface area contributed by atoms with Gasteiger partial charge in [-0.15, -0.1) is 0 Å². The molecule has 0 atom stereocenters. The van der Waals surface area contributed by atoms with Gasteiger partial charge in [-0.3, -0.25) is 4.79 Å². The molecule has 0 saturated carbocycles. The third-order valence-electron chi connectivity index (χ3n) is 3.90. The molecule has 1 fully saturated rings. The van der Waals surface area contributed by atoms with Crippen LogP contribution in [0.5, 0.6) is 0 Å². The van der Waals surface area contributed by atoms with Gasteiger partial charge in [0.15, 0.2) is 0 Å². The molecule has 0 spiro atoms. The number of hydrogen-bond donors (Lipinski definition) is 1. The van der Waals surface area contributed by atoms with E-state index in [1.165, 1.54) is 18.1 Å². The number of benzene rings is 1. The summed E-state index contributed by atoms with van der Waals surface area (Å²) in [6.07, 6.45) is 5.80. The Labute approximate surface area is 121 Å². The van der Waals surface area contributed by atoms with Crippen molar-refractivity contribution in [1.82, 2.24) is 10.2 Å². The van der Waals surface area contributed by atoms with E-state index in [0.29, 0.717) is 6.04 Å². The summed E-state index contributed by atoms with van der Waals surface area (Å²) in [4.78, 5) is 13.7. The van der Waals surface area contributed by atoms with E-state index < -0.39 is 0 Å². The molecule has 108 valence electrons. The molecule has 1 saturated heterocycles. The van der Waals surface area contributed by atoms with Gasteiger partial charge in [-0.2, -0.15) is 0 Å². The predicted molar refractivity (Wildman–Crippen MR) is 82.6 cm³/mol. The van der Waals surface area contributed by atoms with E-state index in [2.05, 4.69) is 47.1 Å². The molecule has 1 N–H and O–H groups in total. The van der Waals surface area contributed by atoms with Gasteiger partial charge in [0.1, 0.15) is 0 Å². The van der Waals surface area contributed by atoms with Crippen LogP contribution in [0.25, 0.3) is 0 Å². The summed E-state index contributed by atoms with van der Waals surface area (Å²) in [6, 6.07) is 11.0. The molecular formula is C17H24N2O. The van der Waals surface area contributed by atoms with Gasteiger partial charge in [0.2, 0.25) is 5.91 Å². The molecule has 1 heterocycles. The summed E-state index contributed by atoms with van der Waals surface area (Å²) in [7, 11) is 0. The normalized spacial score (nSPS) is 16.8. The van der Waals surface area contributed by atoms with Gasteiger partial charge in [-0.25, -0.2) is 0 Å². The van der Waals surface area contributed by atoms with Crippen molar-refractivity contribution in [2.75, 3.05) is 19.6 Å². The SMILES string of the molecule is C=CC(=O)NC1CCN(CCCc2ccccc2)CC1. The second-order valence-corrected chi connectivity index (χ2v) is 5.42. The molecule has 1 aliphatic rings. The van der Waals surface area contributed by atoms with E-state index in [1.807, 2.05) is 0 Å². The minimum atomic E-state index is -0.0486. The van der Waals surface area contributed by atoms with Crippen LogP contribution < -0.4 is 5.32 Å². The van der Waals surface area contributed by atoms with Crippen LogP contribution in [-0.2, 0) is 11.2 Å². The van der Waals surface area contributed by atoms with Gasteiger partial charge in [-0.1, -0.05) is 36.9 Å². The zero-order valence-corrected chi connectivity index (χ0v) is 12.1. The molecular weight excluding hydrogens is 248 g/mol. The lowest BCUT2D eigenvalue weighted by Crippen LogP contribution is -2.44. The smallest absolute Gasteiger partial charge is 0.243 e. The Morgan fingerprint density at radius 3 is 2.65 bits per heavy atom. The summed E-state index contributed by atoms with van der Waals surface area (Å²) >= 11 is 0. The maximum absolute atomic E-state index is 11.2. The Morgan fingerprint density at radius 2 is 2.00 bits per heavy atom. The van der Waals surface area contributed by atoms with Crippen LogP contribution in [0.15, 0.2) is 43.0 Å². The van der Waals surface area contributed by atoms with Gasteiger partial charge in [0.25, 0.3) is 0 Å². The Morgan fingerprint density at radius 1 is 1.30 bits per heavy atom. The summed E-state index contributed by atoms with van der Waals surface area (Å²) in [5, 5.41) is 2.99. The second kappa shape index (κ2) is 7.85. The van der Waals surface area contributed by atoms with Crippen molar-refractivity contribution in [2.45, 2.75) is 31.7 Å². The van der Waals surface area contributed by atoms with E-state index in [9.17, 15) is 4.79 Å². The standard InChI is InChI=1S/C17H24N2O/c1-2-17(20)18-16-10-13-19(14-11-16)12-6-9-15-7-4-3-5-8-15/h2-5,7-8,16H,1,6,9-14H2,(H,18,20). The fraction of sp³-hybridized carbons (Fsp3) is 0.471. The highest BCUT2D eigenvalue weighted by molar-refractivity contribution is 5.87. The molecule has 1 aromatic rings. The number of carbonyl (C=O) groups is 1. The van der Waals surface area contributed by atoms with Crippen LogP contribution >= 0.6 is 0 Å². The molecule has 0 radical (unpaired) electrons. The average molecular weight is 272 g/mol. The Balaban J connectivity index is 1.62. The Hall–Kier alpha value is -1.61. The molecule has 1 amide bonds. The lowest BCUT2D eigenvalue weighted by molar-refractivity contribution is -0.117. The van der Waals surface area contributed by atoms with Gasteiger partial charge in [0, 0.05) is 19.1 Å². The zero-order chi connectivity index (χ0) is 14.2. The van der Waals surface area contributed by atoms with E-state index in [-0.39, 0.29) is 5.91 Å². The van der Waals surface area contributed by atoms with Crippen LogP contribution in [-0.4, -0.2) is 36.5 Å². The van der Waals surface area contributed by atoms with Crippen molar-refractivity contribution in [3.63, 3.8) is 0 Å². The van der Waals surface area contributed by atoms with Gasteiger partial charge in [0.05, 0.1) is 0 Å². The lowest BCUT2D eigenvalue weighted by atomic mass is 10.0. The van der Waals surface area contributed by atoms with Crippen molar-refractivity contribution < 1.29 is 4.79 Å². The Bertz CT molecular complexity index is 422. The number of nitrogens with zero attached hydrogens (tertiary/aromatic N) is 1. The first-order valence-electron chi connectivity index (χ1n) is 7.47. The second-order valence-electron chi connectivity index (χ2n) is 5.42.